The van der Waals surface area contributed by atoms with E-state index in [1.807, 2.05) is 6.92 Å². The summed E-state index contributed by atoms with van der Waals surface area (Å²) in [7, 11) is 0. The van der Waals surface area contributed by atoms with E-state index in [1.54, 1.807) is 6.92 Å². The van der Waals surface area contributed by atoms with Crippen molar-refractivity contribution in [2.75, 3.05) is 0 Å². The summed E-state index contributed by atoms with van der Waals surface area (Å²) in [6, 6.07) is 0. The Balaban J connectivity index is 0. The predicted molar refractivity (Wildman–Crippen MR) is 36.5 cm³/mol. The van der Waals surface area contributed by atoms with Gasteiger partial charge in [0.25, 0.3) is 0 Å². The molecule has 0 aliphatic heterocycles. The van der Waals surface area contributed by atoms with Crippen molar-refractivity contribution in [2.24, 2.45) is 5.16 Å². The van der Waals surface area contributed by atoms with Crippen molar-refractivity contribution >= 4 is 16.7 Å². The summed E-state index contributed by atoms with van der Waals surface area (Å²) >= 11 is 0. The molecule has 3 heteroatoms. The lowest BCUT2D eigenvalue weighted by Crippen LogP contribution is -1.83. The van der Waals surface area contributed by atoms with Crippen molar-refractivity contribution in [2.45, 2.75) is 20.3 Å². The van der Waals surface area contributed by atoms with Gasteiger partial charge in [-0.05, 0) is 24.3 Å². The van der Waals surface area contributed by atoms with Crippen LogP contribution in [0.1, 0.15) is 20.3 Å². The van der Waals surface area contributed by atoms with Gasteiger partial charge in [0, 0.05) is 0 Å². The van der Waals surface area contributed by atoms with Crippen LogP contribution in [0.2, 0.25) is 0 Å². The van der Waals surface area contributed by atoms with Crippen LogP contribution in [0.25, 0.3) is 0 Å². The Kier molecular flexibility index (Phi) is 8.00. The molecule has 0 saturated carbocycles. The maximum absolute atomic E-state index is 7.92. The number of oxime groups is 1. The van der Waals surface area contributed by atoms with Crippen molar-refractivity contribution in [3.8, 4) is 0 Å². The van der Waals surface area contributed by atoms with Crippen LogP contribution in [0.15, 0.2) is 5.16 Å². The molecule has 0 atom stereocenters. The number of hydrogen-bond acceptors (Lipinski definition) is 2. The molecule has 0 unspecified atom stereocenters. The minimum Gasteiger partial charge on any atom is -0.411 e. The van der Waals surface area contributed by atoms with E-state index in [0.717, 1.165) is 12.1 Å². The average Bonchev–Trinajstić information content (AvgIpc) is 1.65. The number of hydrogen-bond donors (Lipinski definition) is 1. The highest BCUT2D eigenvalue weighted by Crippen LogP contribution is 1.78. The summed E-state index contributed by atoms with van der Waals surface area (Å²) in [5, 5.41) is 10.8. The first-order chi connectivity index (χ1) is 2.81. The number of rotatable bonds is 1. The molecule has 0 spiro atoms. The van der Waals surface area contributed by atoms with E-state index < -0.39 is 0 Å². The molecule has 0 amide bonds. The fourth-order valence-corrected chi connectivity index (χ4v) is 0.0707. The van der Waals surface area contributed by atoms with Crippen LogP contribution >= 0.6 is 0 Å². The molecule has 0 fully saturated rings. The maximum Gasteiger partial charge on any atom is 0.0537 e. The van der Waals surface area contributed by atoms with E-state index in [9.17, 15) is 0 Å². The van der Waals surface area contributed by atoms with Crippen LogP contribution in [0.4, 0.5) is 0 Å². The second-order valence-corrected chi connectivity index (χ2v) is 1.19. The highest BCUT2D eigenvalue weighted by Gasteiger charge is 1.77. The zero-order chi connectivity index (χ0) is 4.99. The second kappa shape index (κ2) is 5.69. The number of nitrogens with zero attached hydrogens (tertiary/aromatic N) is 1. The molecule has 1 N–H and O–H groups in total. The summed E-state index contributed by atoms with van der Waals surface area (Å²) in [5.74, 6) is 0. The van der Waals surface area contributed by atoms with Gasteiger partial charge in [-0.2, -0.15) is 0 Å². The molecule has 0 aromatic heterocycles. The van der Waals surface area contributed by atoms with Gasteiger partial charge in [0.05, 0.1) is 5.71 Å². The largest absolute Gasteiger partial charge is 0.411 e. The van der Waals surface area contributed by atoms with Gasteiger partial charge in [-0.25, -0.2) is 0 Å². The van der Waals surface area contributed by atoms with Crippen LogP contribution in [0.3, 0.4) is 0 Å². The van der Waals surface area contributed by atoms with Crippen LogP contribution in [-0.4, -0.2) is 21.9 Å². The Morgan fingerprint density at radius 3 is 2.14 bits per heavy atom. The topological polar surface area (TPSA) is 32.6 Å². The molecule has 0 heterocycles. The zero-order valence-corrected chi connectivity index (χ0v) is 4.10. The van der Waals surface area contributed by atoms with Gasteiger partial charge >= 0.3 is 0 Å². The summed E-state index contributed by atoms with van der Waals surface area (Å²) < 4.78 is 0. The Labute approximate surface area is 48.3 Å². The first kappa shape index (κ1) is 9.84. The van der Waals surface area contributed by atoms with E-state index >= 15 is 0 Å². The summed E-state index contributed by atoms with van der Waals surface area (Å²) in [5.41, 5.74) is 0.773. The van der Waals surface area contributed by atoms with Gasteiger partial charge in [0.15, 0.2) is 0 Å². The summed E-state index contributed by atoms with van der Waals surface area (Å²) in [6.45, 7) is 3.72. The van der Waals surface area contributed by atoms with Crippen LogP contribution < -0.4 is 0 Å². The van der Waals surface area contributed by atoms with E-state index in [-0.39, 0.29) is 11.0 Å². The van der Waals surface area contributed by atoms with Crippen molar-refractivity contribution in [3.63, 3.8) is 0 Å². The lowest BCUT2D eigenvalue weighted by atomic mass is 10.3. The Hall–Kier alpha value is -0.313. The minimum absolute atomic E-state index is 0. The molecule has 2 nitrogen and oxygen atoms in total. The van der Waals surface area contributed by atoms with Crippen molar-refractivity contribution in [3.05, 3.63) is 0 Å². The molecular formula is C4H13NOSi. The van der Waals surface area contributed by atoms with E-state index in [2.05, 4.69) is 5.16 Å². The summed E-state index contributed by atoms with van der Waals surface area (Å²) in [4.78, 5) is 0. The van der Waals surface area contributed by atoms with Gasteiger partial charge in [-0.1, -0.05) is 12.1 Å². The molecule has 44 valence electrons. The zero-order valence-electron chi connectivity index (χ0n) is 4.10. The Morgan fingerprint density at radius 2 is 2.14 bits per heavy atom. The smallest absolute Gasteiger partial charge is 0.0537 e. The molecule has 0 radical (unpaired) electrons. The SMILES string of the molecule is CC/C(C)=N/O.[SiH4]. The first-order valence-corrected chi connectivity index (χ1v) is 1.98. The summed E-state index contributed by atoms with van der Waals surface area (Å²) in [6.07, 6.45) is 0.830. The third-order valence-electron chi connectivity index (χ3n) is 0.682. The fourth-order valence-electron chi connectivity index (χ4n) is 0.0707. The average molecular weight is 119 g/mol. The molecule has 0 aliphatic rings. The maximum atomic E-state index is 7.92. The van der Waals surface area contributed by atoms with Crippen molar-refractivity contribution in [1.82, 2.24) is 0 Å². The molecule has 0 aliphatic carbocycles. The third-order valence-corrected chi connectivity index (χ3v) is 0.682. The lowest BCUT2D eigenvalue weighted by molar-refractivity contribution is 0.317. The second-order valence-electron chi connectivity index (χ2n) is 1.19. The Morgan fingerprint density at radius 1 is 1.71 bits per heavy atom. The highest BCUT2D eigenvalue weighted by molar-refractivity contribution is 5.80. The Bertz CT molecular complexity index is 62.7. The van der Waals surface area contributed by atoms with Gasteiger partial charge in [0.2, 0.25) is 0 Å². The molecule has 0 aromatic rings. The van der Waals surface area contributed by atoms with Gasteiger partial charge in [0.1, 0.15) is 0 Å². The van der Waals surface area contributed by atoms with Gasteiger partial charge in [-0.15, -0.1) is 0 Å². The van der Waals surface area contributed by atoms with E-state index in [4.69, 9.17) is 5.21 Å². The van der Waals surface area contributed by atoms with E-state index in [0.29, 0.717) is 0 Å². The lowest BCUT2D eigenvalue weighted by Gasteiger charge is -1.81. The normalized spacial score (nSPS) is 10.3. The van der Waals surface area contributed by atoms with Crippen molar-refractivity contribution < 1.29 is 5.21 Å². The monoisotopic (exact) mass is 119 g/mol. The minimum atomic E-state index is 0. The standard InChI is InChI=1S/C4H9NO.H4Si/c1-3-4(2)5-6;/h6H,3H2,1-2H3;1H4/b5-4+;. The fraction of sp³-hybridized carbons (Fsp3) is 0.750. The molecule has 7 heavy (non-hydrogen) atoms. The van der Waals surface area contributed by atoms with E-state index in [1.165, 1.54) is 0 Å². The molecular weight excluding hydrogens is 106 g/mol. The van der Waals surface area contributed by atoms with Gasteiger partial charge < -0.3 is 5.21 Å². The molecule has 0 saturated heterocycles. The quantitative estimate of drug-likeness (QED) is 0.220. The first-order valence-electron chi connectivity index (χ1n) is 1.98. The predicted octanol–water partition coefficient (Wildman–Crippen LogP) is -0.205. The molecule has 0 bridgehead atoms. The van der Waals surface area contributed by atoms with Gasteiger partial charge in [-0.3, -0.25) is 0 Å². The van der Waals surface area contributed by atoms with Crippen molar-refractivity contribution in [1.29, 1.82) is 0 Å². The third kappa shape index (κ3) is 5.69. The van der Waals surface area contributed by atoms with Crippen LogP contribution in [-0.2, 0) is 0 Å². The van der Waals surface area contributed by atoms with Crippen LogP contribution in [0, 0.1) is 0 Å². The molecule has 0 rings (SSSR count). The molecule has 0 aromatic carbocycles. The van der Waals surface area contributed by atoms with Crippen LogP contribution in [0.5, 0.6) is 0 Å². The highest BCUT2D eigenvalue weighted by atomic mass is 28.1.